The number of carbonyl (C=O) groups is 1. The minimum Gasteiger partial charge on any atom is -0.366 e. The summed E-state index contributed by atoms with van der Waals surface area (Å²) in [6.07, 6.45) is 0. The number of carbonyl (C=O) groups excluding carboxylic acids is 1. The van der Waals surface area contributed by atoms with Gasteiger partial charge in [-0.25, -0.2) is 0 Å². The van der Waals surface area contributed by atoms with Gasteiger partial charge in [0.25, 0.3) is 16.9 Å². The summed E-state index contributed by atoms with van der Waals surface area (Å²) in [6, 6.07) is 3.34. The molecule has 10 heteroatoms. The number of nitro benzene ring substituents is 1. The van der Waals surface area contributed by atoms with Gasteiger partial charge >= 0.3 is 7.60 Å². The van der Waals surface area contributed by atoms with Crippen LogP contribution in [-0.4, -0.2) is 30.2 Å². The Labute approximate surface area is 113 Å². The number of nitrogens with one attached hydrogen (secondary N) is 1. The number of hydrogen-bond donors (Lipinski definition) is 2. The van der Waals surface area contributed by atoms with Crippen LogP contribution in [0.15, 0.2) is 18.2 Å². The number of fused-ring (bicyclic) bond motifs is 1. The van der Waals surface area contributed by atoms with Gasteiger partial charge in [0.05, 0.1) is 4.92 Å². The Morgan fingerprint density at radius 3 is 2.50 bits per heavy atom. The Morgan fingerprint density at radius 1 is 1.40 bits per heavy atom. The fourth-order valence-corrected chi connectivity index (χ4v) is 3.45. The van der Waals surface area contributed by atoms with E-state index in [0.29, 0.717) is 0 Å². The molecule has 0 bridgehead atoms. The molecule has 2 rings (SSSR count). The molecular formula is C10H11N2O7P. The summed E-state index contributed by atoms with van der Waals surface area (Å²) in [5.41, 5.74) is -0.474. The molecule has 1 aromatic rings. The van der Waals surface area contributed by atoms with Crippen LogP contribution in [0, 0.1) is 10.1 Å². The summed E-state index contributed by atoms with van der Waals surface area (Å²) in [7, 11) is -2.25. The van der Waals surface area contributed by atoms with Gasteiger partial charge in [0.15, 0.2) is 0 Å². The second kappa shape index (κ2) is 4.64. The number of benzene rings is 1. The van der Waals surface area contributed by atoms with Crippen LogP contribution in [0.4, 0.5) is 11.4 Å². The Balaban J connectivity index is 2.70. The van der Waals surface area contributed by atoms with Crippen molar-refractivity contribution >= 4 is 24.9 Å². The van der Waals surface area contributed by atoms with Crippen LogP contribution in [0.5, 0.6) is 0 Å². The Hall–Kier alpha value is -1.80. The Bertz CT molecular complexity index is 638. The molecule has 0 spiro atoms. The molecule has 20 heavy (non-hydrogen) atoms. The zero-order valence-corrected chi connectivity index (χ0v) is 11.4. The van der Waals surface area contributed by atoms with Crippen molar-refractivity contribution in [1.82, 2.24) is 0 Å². The van der Waals surface area contributed by atoms with Gasteiger partial charge < -0.3 is 19.5 Å². The first-order valence-corrected chi connectivity index (χ1v) is 6.89. The minimum absolute atomic E-state index is 0.109. The average Bonchev–Trinajstić information content (AvgIpc) is 2.70. The predicted octanol–water partition coefficient (Wildman–Crippen LogP) is 1.18. The number of aliphatic hydroxyl groups is 1. The SMILES string of the molecule is COP(=O)(OC)C1(O)C(=O)Nc2ccc([N+](=O)[O-])cc21. The first-order chi connectivity index (χ1) is 9.30. The van der Waals surface area contributed by atoms with Crippen molar-refractivity contribution in [3.8, 4) is 0 Å². The summed E-state index contributed by atoms with van der Waals surface area (Å²) >= 11 is 0. The van der Waals surface area contributed by atoms with Crippen molar-refractivity contribution in [3.63, 3.8) is 0 Å². The minimum atomic E-state index is -4.26. The average molecular weight is 302 g/mol. The second-order valence-electron chi connectivity index (χ2n) is 3.98. The number of rotatable bonds is 4. The molecule has 1 atom stereocenters. The Kier molecular flexibility index (Phi) is 3.39. The highest BCUT2D eigenvalue weighted by Crippen LogP contribution is 2.66. The first-order valence-electron chi connectivity index (χ1n) is 5.34. The number of hydrogen-bond acceptors (Lipinski definition) is 7. The molecule has 1 unspecified atom stereocenters. The molecule has 2 N–H and O–H groups in total. The van der Waals surface area contributed by atoms with Crippen LogP contribution in [-0.2, 0) is 23.7 Å². The summed E-state index contributed by atoms with van der Waals surface area (Å²) in [4.78, 5) is 22.0. The summed E-state index contributed by atoms with van der Waals surface area (Å²) < 4.78 is 21.7. The van der Waals surface area contributed by atoms with Gasteiger partial charge in [-0.3, -0.25) is 19.5 Å². The Morgan fingerprint density at radius 2 is 2.00 bits per heavy atom. The van der Waals surface area contributed by atoms with E-state index in [9.17, 15) is 24.6 Å². The van der Waals surface area contributed by atoms with E-state index >= 15 is 0 Å². The molecule has 0 saturated heterocycles. The van der Waals surface area contributed by atoms with E-state index in [1.807, 2.05) is 0 Å². The topological polar surface area (TPSA) is 128 Å². The molecule has 9 nitrogen and oxygen atoms in total. The van der Waals surface area contributed by atoms with E-state index in [0.717, 1.165) is 26.4 Å². The normalized spacial score (nSPS) is 21.4. The van der Waals surface area contributed by atoms with Gasteiger partial charge in [0.2, 0.25) is 0 Å². The third-order valence-electron chi connectivity index (χ3n) is 3.03. The molecule has 1 aliphatic rings. The van der Waals surface area contributed by atoms with Gasteiger partial charge in [-0.1, -0.05) is 0 Å². The highest BCUT2D eigenvalue weighted by molar-refractivity contribution is 7.56. The summed E-state index contributed by atoms with van der Waals surface area (Å²) in [5, 5.41) is 20.9. The largest absolute Gasteiger partial charge is 0.376 e. The lowest BCUT2D eigenvalue weighted by Crippen LogP contribution is -2.35. The van der Waals surface area contributed by atoms with Crippen molar-refractivity contribution in [2.75, 3.05) is 19.5 Å². The molecule has 0 fully saturated rings. The van der Waals surface area contributed by atoms with Crippen molar-refractivity contribution in [2.45, 2.75) is 5.34 Å². The second-order valence-corrected chi connectivity index (χ2v) is 6.35. The maximum atomic E-state index is 12.4. The molecule has 0 saturated carbocycles. The van der Waals surface area contributed by atoms with Gasteiger partial charge in [0.1, 0.15) is 0 Å². The number of amides is 1. The summed E-state index contributed by atoms with van der Waals surface area (Å²) in [5.74, 6) is -1.03. The molecule has 1 aromatic carbocycles. The lowest BCUT2D eigenvalue weighted by molar-refractivity contribution is -0.384. The quantitative estimate of drug-likeness (QED) is 0.485. The van der Waals surface area contributed by atoms with E-state index in [2.05, 4.69) is 14.4 Å². The molecule has 1 amide bonds. The monoisotopic (exact) mass is 302 g/mol. The van der Waals surface area contributed by atoms with E-state index in [-0.39, 0.29) is 16.9 Å². The maximum Gasteiger partial charge on any atom is 0.376 e. The number of non-ortho nitro benzene ring substituents is 1. The molecular weight excluding hydrogens is 291 g/mol. The molecule has 108 valence electrons. The highest BCUT2D eigenvalue weighted by atomic mass is 31.2. The van der Waals surface area contributed by atoms with Gasteiger partial charge in [-0.05, 0) is 6.07 Å². The molecule has 1 heterocycles. The van der Waals surface area contributed by atoms with Gasteiger partial charge in [-0.2, -0.15) is 0 Å². The summed E-state index contributed by atoms with van der Waals surface area (Å²) in [6.45, 7) is 0. The van der Waals surface area contributed by atoms with E-state index in [1.165, 1.54) is 6.07 Å². The number of anilines is 1. The van der Waals surface area contributed by atoms with Crippen molar-refractivity contribution in [2.24, 2.45) is 0 Å². The standard InChI is InChI=1S/C10H11N2O7P/c1-18-20(17,19-2)10(14)7-5-6(12(15)16)3-4-8(7)11-9(10)13/h3-5,14H,1-2H3,(H,11,13). The van der Waals surface area contributed by atoms with Crippen LogP contribution >= 0.6 is 7.60 Å². The lowest BCUT2D eigenvalue weighted by Gasteiger charge is -2.27. The van der Waals surface area contributed by atoms with Gasteiger partial charge in [0, 0.05) is 37.6 Å². The third kappa shape index (κ3) is 1.75. The zero-order valence-electron chi connectivity index (χ0n) is 10.5. The smallest absolute Gasteiger partial charge is 0.366 e. The van der Waals surface area contributed by atoms with Crippen LogP contribution in [0.1, 0.15) is 5.56 Å². The van der Waals surface area contributed by atoms with E-state index < -0.39 is 23.8 Å². The number of nitrogens with zero attached hydrogens (tertiary/aromatic N) is 1. The van der Waals surface area contributed by atoms with E-state index in [4.69, 9.17) is 0 Å². The highest BCUT2D eigenvalue weighted by Gasteiger charge is 2.61. The zero-order chi connectivity index (χ0) is 15.1. The van der Waals surface area contributed by atoms with Crippen molar-refractivity contribution < 1.29 is 28.4 Å². The molecule has 0 aliphatic carbocycles. The lowest BCUT2D eigenvalue weighted by atomic mass is 10.1. The van der Waals surface area contributed by atoms with E-state index in [1.54, 1.807) is 0 Å². The maximum absolute atomic E-state index is 12.4. The first kappa shape index (κ1) is 14.6. The van der Waals surface area contributed by atoms with Gasteiger partial charge in [-0.15, -0.1) is 0 Å². The van der Waals surface area contributed by atoms with Crippen molar-refractivity contribution in [3.05, 3.63) is 33.9 Å². The fraction of sp³-hybridized carbons (Fsp3) is 0.300. The number of nitro groups is 1. The van der Waals surface area contributed by atoms with Crippen LogP contribution in [0.25, 0.3) is 0 Å². The van der Waals surface area contributed by atoms with Crippen LogP contribution < -0.4 is 5.32 Å². The third-order valence-corrected chi connectivity index (χ3v) is 5.23. The van der Waals surface area contributed by atoms with Crippen LogP contribution in [0.3, 0.4) is 0 Å². The predicted molar refractivity (Wildman–Crippen MR) is 67.2 cm³/mol. The molecule has 0 radical (unpaired) electrons. The van der Waals surface area contributed by atoms with Crippen molar-refractivity contribution in [1.29, 1.82) is 0 Å². The van der Waals surface area contributed by atoms with Crippen LogP contribution in [0.2, 0.25) is 0 Å². The fourth-order valence-electron chi connectivity index (χ4n) is 1.99. The molecule has 0 aromatic heterocycles. The molecule has 1 aliphatic heterocycles.